The number of benzene rings is 1. The molecule has 0 aliphatic carbocycles. The molecule has 6 nitrogen and oxygen atoms in total. The Hall–Kier alpha value is -1.90. The average molecular weight is 421 g/mol. The Morgan fingerprint density at radius 2 is 1.97 bits per heavy atom. The highest BCUT2D eigenvalue weighted by atomic mass is 32.2. The van der Waals surface area contributed by atoms with Crippen LogP contribution >= 0.6 is 11.8 Å². The van der Waals surface area contributed by atoms with E-state index in [1.165, 1.54) is 28.8 Å². The molecule has 1 aromatic carbocycles. The van der Waals surface area contributed by atoms with E-state index in [1.807, 2.05) is 13.8 Å². The van der Waals surface area contributed by atoms with Gasteiger partial charge in [0.15, 0.2) is 0 Å². The molecule has 2 fully saturated rings. The van der Waals surface area contributed by atoms with E-state index in [1.54, 1.807) is 19.1 Å². The van der Waals surface area contributed by atoms with E-state index in [0.29, 0.717) is 0 Å². The summed E-state index contributed by atoms with van der Waals surface area (Å²) in [4.78, 5) is 28.9. The molecule has 0 saturated carbocycles. The van der Waals surface area contributed by atoms with Gasteiger partial charge in [0, 0.05) is 35.7 Å². The number of fused-ring (bicyclic) bond motifs is 1. The van der Waals surface area contributed by atoms with Crippen molar-refractivity contribution in [1.82, 2.24) is 9.80 Å². The molecule has 2 N–H and O–H groups in total. The first-order chi connectivity index (χ1) is 13.6. The molecule has 8 heteroatoms. The number of carbonyl (C=O) groups excluding carboxylic acids is 1. The molecule has 0 unspecified atom stereocenters. The Morgan fingerprint density at radius 3 is 2.52 bits per heavy atom. The summed E-state index contributed by atoms with van der Waals surface area (Å²) in [7, 11) is 0. The Bertz CT molecular complexity index is 881. The van der Waals surface area contributed by atoms with Gasteiger partial charge in [-0.25, -0.2) is 9.18 Å². The number of likely N-dealkylation sites (tertiary alicyclic amines) is 1. The number of thioether (sulfide) groups is 1. The largest absolute Gasteiger partial charge is 0.477 e. The maximum atomic E-state index is 13.0. The molecule has 0 aromatic heterocycles. The molecule has 0 bridgehead atoms. The monoisotopic (exact) mass is 420 g/mol. The van der Waals surface area contributed by atoms with E-state index < -0.39 is 23.5 Å². The molecule has 4 rings (SSSR count). The van der Waals surface area contributed by atoms with E-state index in [4.69, 9.17) is 0 Å². The molecule has 3 heterocycles. The number of carboxylic acid groups (broad SMARTS) is 1. The van der Waals surface area contributed by atoms with Crippen LogP contribution < -0.4 is 0 Å². The predicted octanol–water partition coefficient (Wildman–Crippen LogP) is 2.29. The van der Waals surface area contributed by atoms with Crippen molar-refractivity contribution in [1.29, 1.82) is 0 Å². The Balaban J connectivity index is 1.45. The molecule has 4 atom stereocenters. The fraction of sp³-hybridized carbons (Fsp3) is 0.524. The van der Waals surface area contributed by atoms with Gasteiger partial charge >= 0.3 is 5.97 Å². The van der Waals surface area contributed by atoms with Gasteiger partial charge in [-0.15, -0.1) is 11.8 Å². The molecule has 3 aliphatic heterocycles. The molecule has 2 saturated heterocycles. The molecule has 156 valence electrons. The number of carboxylic acids is 1. The smallest absolute Gasteiger partial charge is 0.353 e. The van der Waals surface area contributed by atoms with Crippen LogP contribution in [-0.4, -0.2) is 61.9 Å². The van der Waals surface area contributed by atoms with Crippen LogP contribution in [0, 0.1) is 17.7 Å². The third kappa shape index (κ3) is 3.08. The van der Waals surface area contributed by atoms with Gasteiger partial charge in [-0.1, -0.05) is 19.1 Å². The van der Waals surface area contributed by atoms with Crippen molar-refractivity contribution >= 4 is 23.6 Å². The van der Waals surface area contributed by atoms with Gasteiger partial charge in [0.2, 0.25) is 5.91 Å². The van der Waals surface area contributed by atoms with Gasteiger partial charge in [0.1, 0.15) is 11.5 Å². The lowest BCUT2D eigenvalue weighted by Crippen LogP contribution is -2.71. The lowest BCUT2D eigenvalue weighted by atomic mass is 9.67. The van der Waals surface area contributed by atoms with Gasteiger partial charge in [0.25, 0.3) is 0 Å². The molecule has 29 heavy (non-hydrogen) atoms. The van der Waals surface area contributed by atoms with E-state index in [0.717, 1.165) is 30.1 Å². The van der Waals surface area contributed by atoms with Crippen molar-refractivity contribution in [2.24, 2.45) is 11.8 Å². The zero-order valence-corrected chi connectivity index (χ0v) is 17.4. The Morgan fingerprint density at radius 1 is 1.34 bits per heavy atom. The summed E-state index contributed by atoms with van der Waals surface area (Å²) in [5.74, 6) is -2.39. The van der Waals surface area contributed by atoms with Crippen molar-refractivity contribution in [2.75, 3.05) is 13.1 Å². The van der Waals surface area contributed by atoms with Gasteiger partial charge in [-0.05, 0) is 31.5 Å². The van der Waals surface area contributed by atoms with Crippen LogP contribution in [0.1, 0.15) is 26.3 Å². The van der Waals surface area contributed by atoms with Crippen LogP contribution in [0.5, 0.6) is 0 Å². The maximum Gasteiger partial charge on any atom is 0.353 e. The average Bonchev–Trinajstić information content (AvgIpc) is 2.80. The highest BCUT2D eigenvalue weighted by Crippen LogP contribution is 2.58. The lowest BCUT2D eigenvalue weighted by molar-refractivity contribution is -0.177. The van der Waals surface area contributed by atoms with Crippen LogP contribution in [-0.2, 0) is 16.1 Å². The Labute approximate surface area is 173 Å². The maximum absolute atomic E-state index is 13.0. The zero-order valence-electron chi connectivity index (χ0n) is 16.6. The molecular weight excluding hydrogens is 395 g/mol. The molecule has 0 spiro atoms. The Kier molecular flexibility index (Phi) is 4.99. The summed E-state index contributed by atoms with van der Waals surface area (Å²) in [6, 6.07) is 6.44. The van der Waals surface area contributed by atoms with Gasteiger partial charge in [0.05, 0.1) is 17.6 Å². The van der Waals surface area contributed by atoms with Crippen molar-refractivity contribution in [3.05, 3.63) is 46.2 Å². The van der Waals surface area contributed by atoms with Crippen LogP contribution in [0.3, 0.4) is 0 Å². The summed E-state index contributed by atoms with van der Waals surface area (Å²) in [6.45, 7) is 7.73. The fourth-order valence-corrected chi connectivity index (χ4v) is 6.56. The number of amides is 1. The lowest BCUT2D eigenvalue weighted by Gasteiger charge is -2.55. The number of carbonyl (C=O) groups is 2. The first-order valence-electron chi connectivity index (χ1n) is 9.77. The summed E-state index contributed by atoms with van der Waals surface area (Å²) >= 11 is 1.54. The number of rotatable bonds is 6. The van der Waals surface area contributed by atoms with Crippen LogP contribution in [0.25, 0.3) is 0 Å². The number of hydrogen-bond acceptors (Lipinski definition) is 5. The van der Waals surface area contributed by atoms with Crippen molar-refractivity contribution in [3.8, 4) is 0 Å². The van der Waals surface area contributed by atoms with Crippen LogP contribution in [0.15, 0.2) is 34.9 Å². The molecule has 1 aromatic rings. The second-order valence-electron chi connectivity index (χ2n) is 8.42. The SMILES string of the molecule is C[C@@H](O)[C@H]1C(=O)N2C(C(=O)O)=C(SC3CN(Cc4ccc(F)cc4)C3)[C@H](C)[C@]12C. The highest BCUT2D eigenvalue weighted by Gasteiger charge is 2.68. The molecular formula is C21H25FN2O4S. The predicted molar refractivity (Wildman–Crippen MR) is 107 cm³/mol. The second kappa shape index (κ2) is 7.11. The minimum atomic E-state index is -1.09. The number of halogens is 1. The van der Waals surface area contributed by atoms with Crippen molar-refractivity contribution in [2.45, 2.75) is 44.2 Å². The number of aliphatic hydroxyl groups excluding tert-OH is 1. The highest BCUT2D eigenvalue weighted by molar-refractivity contribution is 8.03. The minimum Gasteiger partial charge on any atom is -0.477 e. The topological polar surface area (TPSA) is 81.1 Å². The normalized spacial score (nSPS) is 30.8. The molecule has 0 radical (unpaired) electrons. The molecule has 3 aliphatic rings. The van der Waals surface area contributed by atoms with Crippen LogP contribution in [0.4, 0.5) is 4.39 Å². The van der Waals surface area contributed by atoms with Crippen molar-refractivity contribution in [3.63, 3.8) is 0 Å². The summed E-state index contributed by atoms with van der Waals surface area (Å²) < 4.78 is 13.0. The first-order valence-corrected chi connectivity index (χ1v) is 10.7. The number of nitrogens with zero attached hydrogens (tertiary/aromatic N) is 2. The standard InChI is InChI=1S/C21H25FN2O4S/c1-11-18(17(20(27)28)24-19(26)16(12(2)25)21(11,24)3)29-15-9-23(10-15)8-13-4-6-14(22)7-5-13/h4-7,11-12,15-16,25H,8-10H2,1-3H3,(H,27,28)/t11-,12+,16-,21+/m0/s1. The van der Waals surface area contributed by atoms with Gasteiger partial charge in [-0.2, -0.15) is 0 Å². The minimum absolute atomic E-state index is 0.0730. The third-order valence-corrected chi connectivity index (χ3v) is 7.98. The van der Waals surface area contributed by atoms with E-state index in [9.17, 15) is 24.2 Å². The second-order valence-corrected chi connectivity index (χ2v) is 9.76. The molecule has 1 amide bonds. The third-order valence-electron chi connectivity index (χ3n) is 6.55. The number of aliphatic carboxylic acids is 1. The van der Waals surface area contributed by atoms with Crippen molar-refractivity contribution < 1.29 is 24.2 Å². The van der Waals surface area contributed by atoms with Gasteiger partial charge in [-0.3, -0.25) is 14.6 Å². The van der Waals surface area contributed by atoms with Gasteiger partial charge < -0.3 is 10.2 Å². The van der Waals surface area contributed by atoms with E-state index in [2.05, 4.69) is 4.90 Å². The zero-order chi connectivity index (χ0) is 21.1. The van der Waals surface area contributed by atoms with E-state index in [-0.39, 0.29) is 28.6 Å². The number of β-lactam (4-membered cyclic amide) rings is 1. The first kappa shape index (κ1) is 20.4. The fourth-order valence-electron chi connectivity index (χ4n) is 4.90. The van der Waals surface area contributed by atoms with Crippen LogP contribution in [0.2, 0.25) is 0 Å². The number of hydrogen-bond donors (Lipinski definition) is 2. The number of aliphatic hydroxyl groups is 1. The summed E-state index contributed by atoms with van der Waals surface area (Å²) in [5.41, 5.74) is 0.416. The summed E-state index contributed by atoms with van der Waals surface area (Å²) in [6.07, 6.45) is -0.819. The quantitative estimate of drug-likeness (QED) is 0.688. The van der Waals surface area contributed by atoms with E-state index >= 15 is 0 Å². The summed E-state index contributed by atoms with van der Waals surface area (Å²) in [5, 5.41) is 20.1.